The molecule has 4 heteroatoms. The Morgan fingerprint density at radius 2 is 1.93 bits per heavy atom. The van der Waals surface area contributed by atoms with Crippen molar-refractivity contribution in [3.05, 3.63) is 46.0 Å². The zero-order valence-corrected chi connectivity index (χ0v) is 18.5. The van der Waals surface area contributed by atoms with Crippen LogP contribution in [0.1, 0.15) is 83.8 Å². The third-order valence-electron chi connectivity index (χ3n) is 9.45. The first kappa shape index (κ1) is 20.1. The summed E-state index contributed by atoms with van der Waals surface area (Å²) in [4.78, 5) is 23.3. The van der Waals surface area contributed by atoms with Gasteiger partial charge in [-0.15, -0.1) is 0 Å². The molecular formula is C26H34O4. The van der Waals surface area contributed by atoms with Crippen LogP contribution in [0.4, 0.5) is 0 Å². The first-order valence-electron chi connectivity index (χ1n) is 11.8. The number of esters is 1. The number of rotatable bonds is 2. The molecule has 7 unspecified atom stereocenters. The zero-order chi connectivity index (χ0) is 21.1. The van der Waals surface area contributed by atoms with E-state index in [-0.39, 0.29) is 28.5 Å². The van der Waals surface area contributed by atoms with Crippen LogP contribution in [0.3, 0.4) is 0 Å². The molecule has 1 heterocycles. The van der Waals surface area contributed by atoms with Crippen LogP contribution in [0.15, 0.2) is 39.1 Å². The standard InChI is InChI=1S/C26H34O4/c1-16(27)29-18-11-13-25(2)17(15-18)7-8-19-20-9-10-22(23-5-4-6-24(28)30-23)26(20,3)14-12-21(19)25/h4-7,18-22H,8-15H2,1-3H3. The molecule has 0 saturated heterocycles. The number of carbonyl (C=O) groups is 1. The minimum atomic E-state index is -0.226. The molecule has 3 fully saturated rings. The molecule has 4 nitrogen and oxygen atoms in total. The van der Waals surface area contributed by atoms with Gasteiger partial charge in [-0.25, -0.2) is 4.79 Å². The molecule has 3 saturated carbocycles. The molecule has 0 radical (unpaired) electrons. The summed E-state index contributed by atoms with van der Waals surface area (Å²) < 4.78 is 11.2. The fourth-order valence-corrected chi connectivity index (χ4v) is 8.02. The second kappa shape index (κ2) is 7.10. The Balaban J connectivity index is 1.41. The highest BCUT2D eigenvalue weighted by molar-refractivity contribution is 5.66. The van der Waals surface area contributed by atoms with Crippen molar-refractivity contribution in [3.8, 4) is 0 Å². The van der Waals surface area contributed by atoms with E-state index >= 15 is 0 Å². The van der Waals surface area contributed by atoms with Gasteiger partial charge in [0.1, 0.15) is 11.9 Å². The normalized spacial score (nSPS) is 42.5. The van der Waals surface area contributed by atoms with Gasteiger partial charge in [-0.05, 0) is 79.6 Å². The Labute approximate surface area is 179 Å². The average molecular weight is 411 g/mol. The lowest BCUT2D eigenvalue weighted by molar-refractivity contribution is -0.148. The molecule has 0 spiro atoms. The lowest BCUT2D eigenvalue weighted by Gasteiger charge is -2.58. The summed E-state index contributed by atoms with van der Waals surface area (Å²) in [5, 5.41) is 0. The monoisotopic (exact) mass is 410 g/mol. The highest BCUT2D eigenvalue weighted by Gasteiger charge is 2.59. The summed E-state index contributed by atoms with van der Waals surface area (Å²) in [6.07, 6.45) is 11.5. The molecule has 1 aromatic heterocycles. The van der Waals surface area contributed by atoms with E-state index in [2.05, 4.69) is 19.9 Å². The molecule has 162 valence electrons. The summed E-state index contributed by atoms with van der Waals surface area (Å²) in [6, 6.07) is 5.37. The number of fused-ring (bicyclic) bond motifs is 5. The second-order valence-electron chi connectivity index (χ2n) is 10.8. The summed E-state index contributed by atoms with van der Waals surface area (Å²) in [6.45, 7) is 6.45. The summed E-state index contributed by atoms with van der Waals surface area (Å²) >= 11 is 0. The van der Waals surface area contributed by atoms with Crippen LogP contribution in [0.25, 0.3) is 0 Å². The predicted octanol–water partition coefficient (Wildman–Crippen LogP) is 5.62. The SMILES string of the molecule is CC(=O)OC1CCC2(C)C(=CCC3C2CCC2(C)C(c4cccc(=O)o4)CCC32)C1. The number of ether oxygens (including phenoxy) is 1. The smallest absolute Gasteiger partial charge is 0.335 e. The molecule has 4 aliphatic rings. The first-order chi connectivity index (χ1) is 14.3. The van der Waals surface area contributed by atoms with E-state index < -0.39 is 0 Å². The molecule has 7 atom stereocenters. The van der Waals surface area contributed by atoms with Gasteiger partial charge in [0.25, 0.3) is 0 Å². The van der Waals surface area contributed by atoms with E-state index in [9.17, 15) is 9.59 Å². The Morgan fingerprint density at radius 1 is 1.10 bits per heavy atom. The van der Waals surface area contributed by atoms with Crippen LogP contribution in [-0.2, 0) is 9.53 Å². The van der Waals surface area contributed by atoms with Gasteiger partial charge in [0.05, 0.1) is 0 Å². The number of carbonyl (C=O) groups excluding carboxylic acids is 1. The van der Waals surface area contributed by atoms with Crippen molar-refractivity contribution in [2.45, 2.75) is 84.2 Å². The average Bonchev–Trinajstić information content (AvgIpc) is 3.05. The molecule has 0 N–H and O–H groups in total. The second-order valence-corrected chi connectivity index (χ2v) is 10.8. The highest BCUT2D eigenvalue weighted by atomic mass is 16.5. The number of hydrogen-bond acceptors (Lipinski definition) is 4. The van der Waals surface area contributed by atoms with E-state index in [4.69, 9.17) is 9.15 Å². The van der Waals surface area contributed by atoms with Gasteiger partial charge in [0.15, 0.2) is 0 Å². The van der Waals surface area contributed by atoms with Gasteiger partial charge < -0.3 is 9.15 Å². The number of hydrogen-bond donors (Lipinski definition) is 0. The largest absolute Gasteiger partial charge is 0.462 e. The fraction of sp³-hybridized carbons (Fsp3) is 0.692. The lowest BCUT2D eigenvalue weighted by atomic mass is 9.47. The van der Waals surface area contributed by atoms with Crippen molar-refractivity contribution in [1.29, 1.82) is 0 Å². The van der Waals surface area contributed by atoms with E-state index in [1.165, 1.54) is 37.8 Å². The van der Waals surface area contributed by atoms with Crippen LogP contribution in [0, 0.1) is 28.6 Å². The van der Waals surface area contributed by atoms with Crippen LogP contribution in [0.5, 0.6) is 0 Å². The minimum Gasteiger partial charge on any atom is -0.462 e. The summed E-state index contributed by atoms with van der Waals surface area (Å²) in [5.74, 6) is 3.21. The van der Waals surface area contributed by atoms with Crippen LogP contribution >= 0.6 is 0 Å². The quantitative estimate of drug-likeness (QED) is 0.469. The molecular weight excluding hydrogens is 376 g/mol. The van der Waals surface area contributed by atoms with Crippen molar-refractivity contribution in [2.24, 2.45) is 28.6 Å². The van der Waals surface area contributed by atoms with Gasteiger partial charge in [-0.1, -0.05) is 31.6 Å². The Morgan fingerprint density at radius 3 is 2.70 bits per heavy atom. The third kappa shape index (κ3) is 3.01. The van der Waals surface area contributed by atoms with Crippen LogP contribution in [0.2, 0.25) is 0 Å². The van der Waals surface area contributed by atoms with Crippen molar-refractivity contribution in [2.75, 3.05) is 0 Å². The Hall–Kier alpha value is -1.84. The van der Waals surface area contributed by atoms with Crippen molar-refractivity contribution >= 4 is 5.97 Å². The molecule has 0 aliphatic heterocycles. The van der Waals surface area contributed by atoms with Gasteiger partial charge >= 0.3 is 11.6 Å². The maximum atomic E-state index is 11.8. The van der Waals surface area contributed by atoms with E-state index in [0.717, 1.165) is 43.8 Å². The van der Waals surface area contributed by atoms with Crippen LogP contribution < -0.4 is 5.63 Å². The van der Waals surface area contributed by atoms with Gasteiger partial charge in [0.2, 0.25) is 0 Å². The molecule has 0 aromatic carbocycles. The summed E-state index contributed by atoms with van der Waals surface area (Å²) in [7, 11) is 0. The predicted molar refractivity (Wildman–Crippen MR) is 115 cm³/mol. The fourth-order valence-electron chi connectivity index (χ4n) is 8.02. The van der Waals surface area contributed by atoms with Crippen LogP contribution in [-0.4, -0.2) is 12.1 Å². The van der Waals surface area contributed by atoms with Gasteiger partial charge in [-0.2, -0.15) is 0 Å². The molecule has 1 aromatic rings. The Bertz CT molecular complexity index is 929. The van der Waals surface area contributed by atoms with E-state index in [0.29, 0.717) is 17.8 Å². The van der Waals surface area contributed by atoms with Crippen molar-refractivity contribution in [1.82, 2.24) is 0 Å². The van der Waals surface area contributed by atoms with E-state index in [1.807, 2.05) is 12.1 Å². The van der Waals surface area contributed by atoms with Crippen molar-refractivity contribution in [3.63, 3.8) is 0 Å². The highest BCUT2D eigenvalue weighted by Crippen LogP contribution is 2.67. The topological polar surface area (TPSA) is 56.5 Å². The van der Waals surface area contributed by atoms with Gasteiger partial charge in [-0.3, -0.25) is 4.79 Å². The minimum absolute atomic E-state index is 0.0593. The number of allylic oxidation sites excluding steroid dienone is 1. The van der Waals surface area contributed by atoms with Crippen molar-refractivity contribution < 1.29 is 13.9 Å². The maximum absolute atomic E-state index is 11.8. The Kier molecular flexibility index (Phi) is 4.75. The van der Waals surface area contributed by atoms with E-state index in [1.54, 1.807) is 0 Å². The molecule has 0 bridgehead atoms. The zero-order valence-electron chi connectivity index (χ0n) is 18.5. The molecule has 0 amide bonds. The van der Waals surface area contributed by atoms with Gasteiger partial charge in [0, 0.05) is 25.3 Å². The lowest BCUT2D eigenvalue weighted by Crippen LogP contribution is -2.50. The maximum Gasteiger partial charge on any atom is 0.335 e. The first-order valence-corrected chi connectivity index (χ1v) is 11.8. The molecule has 30 heavy (non-hydrogen) atoms. The summed E-state index contributed by atoms with van der Waals surface area (Å²) in [5.41, 5.74) is 1.77. The molecule has 5 rings (SSSR count). The molecule has 4 aliphatic carbocycles. The third-order valence-corrected chi connectivity index (χ3v) is 9.45.